The molecule has 2 aliphatic heterocycles. The second kappa shape index (κ2) is 5.81. The molecule has 0 radical (unpaired) electrons. The van der Waals surface area contributed by atoms with Crippen LogP contribution in [0.3, 0.4) is 0 Å². The third-order valence-corrected chi connectivity index (χ3v) is 4.80. The standard InChI is InChI=1S/C16H24N2O3/c1-3-13-4-5-14(21-13)10-18-8-6-16(7-9-18)12(2)17-15(19)11-20-16/h4-5,12H,3,6-11H2,1-2H3,(H,17,19). The van der Waals surface area contributed by atoms with Crippen LogP contribution in [0.4, 0.5) is 0 Å². The molecule has 3 rings (SSSR count). The number of aryl methyl sites for hydroxylation is 1. The van der Waals surface area contributed by atoms with Crippen LogP contribution in [0, 0.1) is 0 Å². The maximum absolute atomic E-state index is 11.4. The van der Waals surface area contributed by atoms with Crippen molar-refractivity contribution in [2.75, 3.05) is 19.7 Å². The SMILES string of the molecule is CCc1ccc(CN2CCC3(CC2)OCC(=O)NC3C)o1. The van der Waals surface area contributed by atoms with Gasteiger partial charge in [0.25, 0.3) is 0 Å². The molecule has 0 saturated carbocycles. The maximum Gasteiger partial charge on any atom is 0.246 e. The monoisotopic (exact) mass is 292 g/mol. The van der Waals surface area contributed by atoms with Crippen molar-refractivity contribution >= 4 is 5.91 Å². The van der Waals surface area contributed by atoms with E-state index in [4.69, 9.17) is 9.15 Å². The van der Waals surface area contributed by atoms with E-state index in [0.29, 0.717) is 0 Å². The molecule has 1 unspecified atom stereocenters. The molecule has 1 atom stereocenters. The van der Waals surface area contributed by atoms with Gasteiger partial charge in [-0.05, 0) is 31.9 Å². The summed E-state index contributed by atoms with van der Waals surface area (Å²) in [5.74, 6) is 2.08. The first-order valence-corrected chi connectivity index (χ1v) is 7.84. The minimum absolute atomic E-state index is 0.00163. The van der Waals surface area contributed by atoms with E-state index in [9.17, 15) is 4.79 Å². The van der Waals surface area contributed by atoms with Crippen molar-refractivity contribution in [1.29, 1.82) is 0 Å². The molecule has 2 aliphatic rings. The van der Waals surface area contributed by atoms with E-state index < -0.39 is 0 Å². The zero-order chi connectivity index (χ0) is 14.9. The summed E-state index contributed by atoms with van der Waals surface area (Å²) in [6.07, 6.45) is 2.85. The highest BCUT2D eigenvalue weighted by molar-refractivity contribution is 5.78. The summed E-state index contributed by atoms with van der Waals surface area (Å²) in [5.41, 5.74) is -0.178. The zero-order valence-electron chi connectivity index (χ0n) is 12.9. The van der Waals surface area contributed by atoms with E-state index in [2.05, 4.69) is 29.3 Å². The van der Waals surface area contributed by atoms with Crippen LogP contribution in [0.25, 0.3) is 0 Å². The van der Waals surface area contributed by atoms with Crippen LogP contribution in [-0.2, 0) is 22.5 Å². The van der Waals surface area contributed by atoms with Gasteiger partial charge in [-0.2, -0.15) is 0 Å². The number of furan rings is 1. The highest BCUT2D eigenvalue weighted by Gasteiger charge is 2.44. The Kier molecular flexibility index (Phi) is 4.04. The lowest BCUT2D eigenvalue weighted by atomic mass is 9.83. The molecule has 1 N–H and O–H groups in total. The van der Waals surface area contributed by atoms with Gasteiger partial charge in [0.15, 0.2) is 0 Å². The van der Waals surface area contributed by atoms with Crippen molar-refractivity contribution in [3.8, 4) is 0 Å². The molecular weight excluding hydrogens is 268 g/mol. The lowest BCUT2D eigenvalue weighted by molar-refractivity contribution is -0.159. The van der Waals surface area contributed by atoms with Crippen molar-refractivity contribution in [3.05, 3.63) is 23.7 Å². The summed E-state index contributed by atoms with van der Waals surface area (Å²) < 4.78 is 11.7. The Bertz CT molecular complexity index is 503. The molecule has 2 saturated heterocycles. The van der Waals surface area contributed by atoms with Crippen molar-refractivity contribution < 1.29 is 13.9 Å². The summed E-state index contributed by atoms with van der Waals surface area (Å²) >= 11 is 0. The zero-order valence-corrected chi connectivity index (χ0v) is 12.9. The molecule has 5 nitrogen and oxygen atoms in total. The summed E-state index contributed by atoms with van der Waals surface area (Å²) in [4.78, 5) is 13.8. The number of hydrogen-bond acceptors (Lipinski definition) is 4. The number of carbonyl (C=O) groups is 1. The first kappa shape index (κ1) is 14.6. The lowest BCUT2D eigenvalue weighted by Gasteiger charge is -2.47. The Morgan fingerprint density at radius 2 is 2.05 bits per heavy atom. The second-order valence-electron chi connectivity index (χ2n) is 6.14. The molecule has 2 fully saturated rings. The molecule has 3 heterocycles. The van der Waals surface area contributed by atoms with Crippen LogP contribution in [0.1, 0.15) is 38.2 Å². The topological polar surface area (TPSA) is 54.7 Å². The van der Waals surface area contributed by atoms with Crippen LogP contribution >= 0.6 is 0 Å². The van der Waals surface area contributed by atoms with Gasteiger partial charge >= 0.3 is 0 Å². The number of rotatable bonds is 3. The largest absolute Gasteiger partial charge is 0.465 e. The van der Waals surface area contributed by atoms with Gasteiger partial charge in [0.05, 0.1) is 18.2 Å². The predicted molar refractivity (Wildman–Crippen MR) is 78.9 cm³/mol. The van der Waals surface area contributed by atoms with Crippen molar-refractivity contribution in [2.45, 2.75) is 51.3 Å². The Morgan fingerprint density at radius 3 is 2.67 bits per heavy atom. The molecule has 116 valence electrons. The van der Waals surface area contributed by atoms with Crippen LogP contribution in [-0.4, -0.2) is 42.1 Å². The molecule has 1 aromatic rings. The fourth-order valence-electron chi connectivity index (χ4n) is 3.33. The van der Waals surface area contributed by atoms with Gasteiger partial charge in [-0.1, -0.05) is 6.92 Å². The first-order valence-electron chi connectivity index (χ1n) is 7.84. The number of ether oxygens (including phenoxy) is 1. The Balaban J connectivity index is 1.56. The minimum Gasteiger partial charge on any atom is -0.465 e. The average molecular weight is 292 g/mol. The van der Waals surface area contributed by atoms with Crippen molar-refractivity contribution in [3.63, 3.8) is 0 Å². The van der Waals surface area contributed by atoms with Crippen LogP contribution in [0.2, 0.25) is 0 Å². The van der Waals surface area contributed by atoms with Crippen LogP contribution in [0.5, 0.6) is 0 Å². The van der Waals surface area contributed by atoms with E-state index in [-0.39, 0.29) is 24.2 Å². The smallest absolute Gasteiger partial charge is 0.246 e. The van der Waals surface area contributed by atoms with Gasteiger partial charge in [-0.3, -0.25) is 9.69 Å². The number of nitrogens with zero attached hydrogens (tertiary/aromatic N) is 1. The Hall–Kier alpha value is -1.33. The molecule has 1 aromatic heterocycles. The highest BCUT2D eigenvalue weighted by atomic mass is 16.5. The van der Waals surface area contributed by atoms with Gasteiger partial charge in [0.1, 0.15) is 18.1 Å². The average Bonchev–Trinajstić information content (AvgIpc) is 2.93. The number of likely N-dealkylation sites (tertiary alicyclic amines) is 1. The predicted octanol–water partition coefficient (Wildman–Crippen LogP) is 1.71. The summed E-state index contributed by atoms with van der Waals surface area (Å²) in [7, 11) is 0. The van der Waals surface area contributed by atoms with Gasteiger partial charge in [0.2, 0.25) is 5.91 Å². The highest BCUT2D eigenvalue weighted by Crippen LogP contribution is 2.32. The molecule has 5 heteroatoms. The van der Waals surface area contributed by atoms with E-state index in [1.54, 1.807) is 0 Å². The first-order chi connectivity index (χ1) is 10.1. The molecule has 0 bridgehead atoms. The number of nitrogens with one attached hydrogen (secondary N) is 1. The van der Waals surface area contributed by atoms with Crippen LogP contribution < -0.4 is 5.32 Å². The summed E-state index contributed by atoms with van der Waals surface area (Å²) in [5, 5.41) is 3.01. The Labute approximate surface area is 125 Å². The number of piperidine rings is 1. The normalized spacial score (nSPS) is 26.0. The molecular formula is C16H24N2O3. The quantitative estimate of drug-likeness (QED) is 0.921. The fourth-order valence-corrected chi connectivity index (χ4v) is 3.33. The third-order valence-electron chi connectivity index (χ3n) is 4.80. The summed E-state index contributed by atoms with van der Waals surface area (Å²) in [6, 6.07) is 4.22. The van der Waals surface area contributed by atoms with E-state index in [0.717, 1.165) is 50.4 Å². The molecule has 0 aliphatic carbocycles. The van der Waals surface area contributed by atoms with Crippen LogP contribution in [0.15, 0.2) is 16.5 Å². The van der Waals surface area contributed by atoms with E-state index >= 15 is 0 Å². The van der Waals surface area contributed by atoms with Crippen molar-refractivity contribution in [2.24, 2.45) is 0 Å². The number of hydrogen-bond donors (Lipinski definition) is 1. The maximum atomic E-state index is 11.4. The van der Waals surface area contributed by atoms with E-state index in [1.165, 1.54) is 0 Å². The van der Waals surface area contributed by atoms with Gasteiger partial charge in [0, 0.05) is 19.5 Å². The lowest BCUT2D eigenvalue weighted by Crippen LogP contribution is -2.62. The van der Waals surface area contributed by atoms with Crippen molar-refractivity contribution in [1.82, 2.24) is 10.2 Å². The summed E-state index contributed by atoms with van der Waals surface area (Å²) in [6.45, 7) is 7.15. The Morgan fingerprint density at radius 1 is 1.33 bits per heavy atom. The van der Waals surface area contributed by atoms with E-state index in [1.807, 2.05) is 6.92 Å². The second-order valence-corrected chi connectivity index (χ2v) is 6.14. The molecule has 1 spiro atoms. The van der Waals surface area contributed by atoms with Gasteiger partial charge in [-0.15, -0.1) is 0 Å². The molecule has 0 aromatic carbocycles. The molecule has 1 amide bonds. The number of carbonyl (C=O) groups excluding carboxylic acids is 1. The molecule has 21 heavy (non-hydrogen) atoms. The third kappa shape index (κ3) is 2.99. The minimum atomic E-state index is -0.178. The van der Waals surface area contributed by atoms with Gasteiger partial charge in [-0.25, -0.2) is 0 Å². The number of amides is 1. The number of morpholine rings is 1. The van der Waals surface area contributed by atoms with Gasteiger partial charge < -0.3 is 14.5 Å². The fraction of sp³-hybridized carbons (Fsp3) is 0.688.